The van der Waals surface area contributed by atoms with Gasteiger partial charge < -0.3 is 15.2 Å². The molecule has 1 rings (SSSR count). The number of nitrogens with one attached hydrogen (secondary N) is 1. The Hall–Kier alpha value is -1.13. The van der Waals surface area contributed by atoms with Gasteiger partial charge in [-0.15, -0.1) is 0 Å². The Kier molecular flexibility index (Phi) is 5.76. The lowest BCUT2D eigenvalue weighted by Gasteiger charge is -2.31. The van der Waals surface area contributed by atoms with E-state index in [9.17, 15) is 5.11 Å². The summed E-state index contributed by atoms with van der Waals surface area (Å²) in [5.41, 5.74) is 2.87. The van der Waals surface area contributed by atoms with Crippen molar-refractivity contribution in [1.29, 1.82) is 0 Å². The van der Waals surface area contributed by atoms with Crippen LogP contribution in [-0.2, 0) is 6.54 Å². The smallest absolute Gasteiger partial charge is 0.128 e. The van der Waals surface area contributed by atoms with Gasteiger partial charge in [-0.3, -0.25) is 4.98 Å². The van der Waals surface area contributed by atoms with Crippen molar-refractivity contribution in [2.75, 3.05) is 13.7 Å². The molecule has 0 radical (unpaired) electrons. The minimum Gasteiger partial charge on any atom is -0.496 e. The molecule has 2 N–H and O–H groups in total. The van der Waals surface area contributed by atoms with Gasteiger partial charge in [0.25, 0.3) is 0 Å². The summed E-state index contributed by atoms with van der Waals surface area (Å²) in [5.74, 6) is 0.898. The van der Waals surface area contributed by atoms with Crippen molar-refractivity contribution in [3.8, 4) is 5.75 Å². The molecule has 0 fully saturated rings. The highest BCUT2D eigenvalue weighted by Crippen LogP contribution is 2.24. The fourth-order valence-electron chi connectivity index (χ4n) is 2.30. The van der Waals surface area contributed by atoms with Crippen LogP contribution in [0.25, 0.3) is 0 Å². The molecule has 0 saturated heterocycles. The number of hydrogen-bond acceptors (Lipinski definition) is 4. The normalized spacial score (nSPS) is 11.7. The van der Waals surface area contributed by atoms with Crippen molar-refractivity contribution in [2.24, 2.45) is 0 Å². The molecule has 0 aliphatic heterocycles. The van der Waals surface area contributed by atoms with E-state index in [1.54, 1.807) is 7.11 Å². The lowest BCUT2D eigenvalue weighted by molar-refractivity contribution is 0.149. The number of aromatic nitrogens is 1. The minimum absolute atomic E-state index is 0.141. The Morgan fingerprint density at radius 1 is 1.32 bits per heavy atom. The Labute approximate surface area is 116 Å². The van der Waals surface area contributed by atoms with Crippen LogP contribution in [0, 0.1) is 13.8 Å². The number of nitrogens with zero attached hydrogens (tertiary/aromatic N) is 1. The molecular weight excluding hydrogens is 240 g/mol. The van der Waals surface area contributed by atoms with Crippen LogP contribution in [0.15, 0.2) is 6.20 Å². The first kappa shape index (κ1) is 15.9. The summed E-state index contributed by atoms with van der Waals surface area (Å²) in [6.45, 7) is 8.97. The van der Waals surface area contributed by atoms with E-state index in [1.165, 1.54) is 0 Å². The van der Waals surface area contributed by atoms with Gasteiger partial charge in [0.05, 0.1) is 19.4 Å². The van der Waals surface area contributed by atoms with E-state index in [0.29, 0.717) is 6.54 Å². The molecule has 0 aromatic carbocycles. The maximum atomic E-state index is 9.56. The highest BCUT2D eigenvalue weighted by molar-refractivity contribution is 5.41. The summed E-state index contributed by atoms with van der Waals surface area (Å²) >= 11 is 0. The lowest BCUT2D eigenvalue weighted by Crippen LogP contribution is -2.47. The van der Waals surface area contributed by atoms with Crippen molar-refractivity contribution < 1.29 is 9.84 Å². The summed E-state index contributed by atoms with van der Waals surface area (Å²) in [4.78, 5) is 4.47. The number of hydrogen-bond donors (Lipinski definition) is 2. The second-order valence-corrected chi connectivity index (χ2v) is 5.05. The molecule has 1 aromatic rings. The number of rotatable bonds is 7. The standard InChI is InChI=1S/C15H26N2O2/c1-6-15(7-2,10-18)17-9-13-12(4)14(19-5)11(3)8-16-13/h8,17-18H,6-7,9-10H2,1-5H3. The first-order valence-corrected chi connectivity index (χ1v) is 6.88. The Morgan fingerprint density at radius 2 is 1.95 bits per heavy atom. The van der Waals surface area contributed by atoms with Crippen LogP contribution in [0.5, 0.6) is 5.75 Å². The van der Waals surface area contributed by atoms with Gasteiger partial charge in [0.2, 0.25) is 0 Å². The molecule has 4 nitrogen and oxygen atoms in total. The van der Waals surface area contributed by atoms with Gasteiger partial charge in [-0.05, 0) is 26.7 Å². The van der Waals surface area contributed by atoms with Crippen LogP contribution in [0.2, 0.25) is 0 Å². The maximum Gasteiger partial charge on any atom is 0.128 e. The Balaban J connectivity index is 2.89. The summed E-state index contributed by atoms with van der Waals surface area (Å²) < 4.78 is 5.41. The van der Waals surface area contributed by atoms with Crippen molar-refractivity contribution in [3.05, 3.63) is 23.0 Å². The summed E-state index contributed by atoms with van der Waals surface area (Å²) in [6.07, 6.45) is 3.62. The van der Waals surface area contributed by atoms with Gasteiger partial charge in [0, 0.05) is 29.4 Å². The average molecular weight is 266 g/mol. The number of methoxy groups -OCH3 is 1. The van der Waals surface area contributed by atoms with E-state index in [0.717, 1.165) is 35.4 Å². The average Bonchev–Trinajstić information content (AvgIpc) is 2.43. The number of ether oxygens (including phenoxy) is 1. The molecule has 0 bridgehead atoms. The summed E-state index contributed by atoms with van der Waals surface area (Å²) in [6, 6.07) is 0. The highest BCUT2D eigenvalue weighted by atomic mass is 16.5. The zero-order chi connectivity index (χ0) is 14.5. The maximum absolute atomic E-state index is 9.56. The molecule has 108 valence electrons. The van der Waals surface area contributed by atoms with E-state index < -0.39 is 0 Å². The predicted octanol–water partition coefficient (Wildman–Crippen LogP) is 2.35. The van der Waals surface area contributed by atoms with E-state index in [1.807, 2.05) is 20.0 Å². The van der Waals surface area contributed by atoms with Crippen molar-refractivity contribution >= 4 is 0 Å². The Morgan fingerprint density at radius 3 is 2.42 bits per heavy atom. The fraction of sp³-hybridized carbons (Fsp3) is 0.667. The fourth-order valence-corrected chi connectivity index (χ4v) is 2.30. The molecule has 0 amide bonds. The van der Waals surface area contributed by atoms with Crippen LogP contribution >= 0.6 is 0 Å². The van der Waals surface area contributed by atoms with Gasteiger partial charge in [-0.25, -0.2) is 0 Å². The summed E-state index contributed by atoms with van der Waals surface area (Å²) in [7, 11) is 1.68. The van der Waals surface area contributed by atoms with Gasteiger partial charge in [0.1, 0.15) is 5.75 Å². The quantitative estimate of drug-likeness (QED) is 0.795. The molecule has 19 heavy (non-hydrogen) atoms. The van der Waals surface area contributed by atoms with Gasteiger partial charge >= 0.3 is 0 Å². The second-order valence-electron chi connectivity index (χ2n) is 5.05. The molecule has 0 saturated carbocycles. The van der Waals surface area contributed by atoms with E-state index in [-0.39, 0.29) is 12.1 Å². The third-order valence-corrected chi connectivity index (χ3v) is 4.04. The van der Waals surface area contributed by atoms with Crippen LogP contribution in [0.3, 0.4) is 0 Å². The van der Waals surface area contributed by atoms with Gasteiger partial charge in [0.15, 0.2) is 0 Å². The van der Waals surface area contributed by atoms with E-state index in [2.05, 4.69) is 24.1 Å². The van der Waals surface area contributed by atoms with Gasteiger partial charge in [-0.2, -0.15) is 0 Å². The Bertz CT molecular complexity index is 407. The minimum atomic E-state index is -0.216. The number of pyridine rings is 1. The zero-order valence-electron chi connectivity index (χ0n) is 12.7. The van der Waals surface area contributed by atoms with Gasteiger partial charge in [-0.1, -0.05) is 13.8 Å². The number of aliphatic hydroxyl groups excluding tert-OH is 1. The molecule has 0 aliphatic carbocycles. The molecular formula is C15H26N2O2. The predicted molar refractivity (Wildman–Crippen MR) is 77.5 cm³/mol. The van der Waals surface area contributed by atoms with E-state index >= 15 is 0 Å². The first-order chi connectivity index (χ1) is 9.03. The largest absolute Gasteiger partial charge is 0.496 e. The zero-order valence-corrected chi connectivity index (χ0v) is 12.7. The molecule has 1 heterocycles. The second kappa shape index (κ2) is 6.87. The third-order valence-electron chi connectivity index (χ3n) is 4.04. The monoisotopic (exact) mass is 266 g/mol. The molecule has 0 unspecified atom stereocenters. The van der Waals surface area contributed by atoms with Crippen LogP contribution in [0.1, 0.15) is 43.5 Å². The first-order valence-electron chi connectivity index (χ1n) is 6.88. The molecule has 1 aromatic heterocycles. The van der Waals surface area contributed by atoms with Crippen molar-refractivity contribution in [2.45, 2.75) is 52.6 Å². The lowest BCUT2D eigenvalue weighted by atomic mass is 9.93. The molecule has 4 heteroatoms. The highest BCUT2D eigenvalue weighted by Gasteiger charge is 2.24. The summed E-state index contributed by atoms with van der Waals surface area (Å²) in [5, 5.41) is 13.0. The van der Waals surface area contributed by atoms with Crippen molar-refractivity contribution in [3.63, 3.8) is 0 Å². The molecule has 0 spiro atoms. The molecule has 0 atom stereocenters. The van der Waals surface area contributed by atoms with Crippen LogP contribution in [0.4, 0.5) is 0 Å². The SMILES string of the molecule is CCC(CC)(CO)NCc1ncc(C)c(OC)c1C. The van der Waals surface area contributed by atoms with E-state index in [4.69, 9.17) is 4.74 Å². The molecule has 0 aliphatic rings. The van der Waals surface area contributed by atoms with Crippen LogP contribution in [-0.4, -0.2) is 29.3 Å². The van der Waals surface area contributed by atoms with Crippen LogP contribution < -0.4 is 10.1 Å². The van der Waals surface area contributed by atoms with Crippen molar-refractivity contribution in [1.82, 2.24) is 10.3 Å². The number of aliphatic hydroxyl groups is 1. The third kappa shape index (κ3) is 3.45. The number of aryl methyl sites for hydroxylation is 1. The topological polar surface area (TPSA) is 54.4 Å².